The first-order valence-corrected chi connectivity index (χ1v) is 7.35. The summed E-state index contributed by atoms with van der Waals surface area (Å²) in [6.45, 7) is 4.24. The predicted molar refractivity (Wildman–Crippen MR) is 86.3 cm³/mol. The zero-order chi connectivity index (χ0) is 14.8. The lowest BCUT2D eigenvalue weighted by Crippen LogP contribution is -2.46. The molecule has 0 radical (unpaired) electrons. The second-order valence-corrected chi connectivity index (χ2v) is 5.15. The quantitative estimate of drug-likeness (QED) is 0.579. The zero-order valence-electron chi connectivity index (χ0n) is 12.2. The molecule has 0 spiro atoms. The van der Waals surface area contributed by atoms with Gasteiger partial charge in [-0.2, -0.15) is 0 Å². The highest BCUT2D eigenvalue weighted by atomic mass is 35.5. The van der Waals surface area contributed by atoms with Crippen LogP contribution >= 0.6 is 23.7 Å². The smallest absolute Gasteiger partial charge is 0.261 e. The lowest BCUT2D eigenvalue weighted by molar-refractivity contribution is -0.122. The molecule has 120 valence electrons. The first-order valence-electron chi connectivity index (χ1n) is 6.47. The van der Waals surface area contributed by atoms with E-state index >= 15 is 0 Å². The fourth-order valence-electron chi connectivity index (χ4n) is 1.47. The first kappa shape index (κ1) is 19.9. The molecule has 3 N–H and O–H groups in total. The average molecular weight is 336 g/mol. The summed E-state index contributed by atoms with van der Waals surface area (Å²) in [6.07, 6.45) is 0. The van der Waals surface area contributed by atoms with E-state index in [1.807, 2.05) is 5.38 Å². The number of rotatable bonds is 9. The molecule has 6 nitrogen and oxygen atoms in total. The van der Waals surface area contributed by atoms with Crippen LogP contribution in [0.3, 0.4) is 0 Å². The number of hydrogen-bond donors (Lipinski definition) is 3. The second-order valence-electron chi connectivity index (χ2n) is 4.21. The topological polar surface area (TPSA) is 79.5 Å². The van der Waals surface area contributed by atoms with Gasteiger partial charge in [-0.3, -0.25) is 9.59 Å². The van der Waals surface area contributed by atoms with Crippen molar-refractivity contribution in [3.63, 3.8) is 0 Å². The van der Waals surface area contributed by atoms with E-state index in [0.29, 0.717) is 24.6 Å². The molecule has 1 heterocycles. The Morgan fingerprint density at radius 1 is 1.33 bits per heavy atom. The van der Waals surface area contributed by atoms with Crippen molar-refractivity contribution >= 4 is 35.6 Å². The van der Waals surface area contributed by atoms with Gasteiger partial charge in [-0.05, 0) is 18.4 Å². The fourth-order valence-corrected chi connectivity index (χ4v) is 2.09. The van der Waals surface area contributed by atoms with E-state index in [0.717, 1.165) is 6.54 Å². The summed E-state index contributed by atoms with van der Waals surface area (Å²) < 4.78 is 4.89. The van der Waals surface area contributed by atoms with Crippen molar-refractivity contribution in [2.75, 3.05) is 33.4 Å². The van der Waals surface area contributed by atoms with E-state index in [-0.39, 0.29) is 24.2 Å². The number of hydrogen-bond acceptors (Lipinski definition) is 5. The van der Waals surface area contributed by atoms with E-state index in [4.69, 9.17) is 4.74 Å². The maximum absolute atomic E-state index is 11.8. The minimum Gasteiger partial charge on any atom is -0.383 e. The predicted octanol–water partition coefficient (Wildman–Crippen LogP) is 0.640. The van der Waals surface area contributed by atoms with Crippen LogP contribution in [-0.2, 0) is 9.53 Å². The molecule has 0 bridgehead atoms. The molecule has 0 fully saturated rings. The largest absolute Gasteiger partial charge is 0.383 e. The van der Waals surface area contributed by atoms with Crippen LogP contribution in [0.4, 0.5) is 0 Å². The van der Waals surface area contributed by atoms with Crippen molar-refractivity contribution in [3.05, 3.63) is 22.4 Å². The molecule has 1 unspecified atom stereocenters. The number of methoxy groups -OCH3 is 1. The van der Waals surface area contributed by atoms with Gasteiger partial charge in [0.15, 0.2) is 0 Å². The van der Waals surface area contributed by atoms with Gasteiger partial charge in [0, 0.05) is 26.7 Å². The average Bonchev–Trinajstić information content (AvgIpc) is 2.96. The lowest BCUT2D eigenvalue weighted by Gasteiger charge is -2.13. The molecule has 2 amide bonds. The number of thiophene rings is 1. The van der Waals surface area contributed by atoms with Crippen molar-refractivity contribution in [2.24, 2.45) is 0 Å². The van der Waals surface area contributed by atoms with Gasteiger partial charge in [0.05, 0.1) is 11.5 Å². The van der Waals surface area contributed by atoms with E-state index in [1.165, 1.54) is 11.3 Å². The van der Waals surface area contributed by atoms with Gasteiger partial charge in [0.25, 0.3) is 5.91 Å². The van der Waals surface area contributed by atoms with Crippen LogP contribution < -0.4 is 16.0 Å². The molecular formula is C13H22ClN3O3S. The van der Waals surface area contributed by atoms with Gasteiger partial charge >= 0.3 is 0 Å². The second kappa shape index (κ2) is 11.5. The molecule has 0 aromatic carbocycles. The molecule has 1 aromatic rings. The van der Waals surface area contributed by atoms with Crippen LogP contribution in [-0.4, -0.2) is 51.2 Å². The highest BCUT2D eigenvalue weighted by molar-refractivity contribution is 7.12. The van der Waals surface area contributed by atoms with Crippen molar-refractivity contribution in [3.8, 4) is 0 Å². The van der Waals surface area contributed by atoms with Crippen LogP contribution in [0.2, 0.25) is 0 Å². The summed E-state index contributed by atoms with van der Waals surface area (Å²) in [7, 11) is 1.64. The summed E-state index contributed by atoms with van der Waals surface area (Å²) in [5.41, 5.74) is 0. The summed E-state index contributed by atoms with van der Waals surface area (Å²) >= 11 is 1.35. The molecule has 8 heteroatoms. The molecule has 0 aliphatic rings. The number of halogens is 1. The molecule has 0 saturated carbocycles. The number of ether oxygens (including phenoxy) is 1. The molecule has 1 atom stereocenters. The monoisotopic (exact) mass is 335 g/mol. The van der Waals surface area contributed by atoms with Gasteiger partial charge < -0.3 is 20.7 Å². The Morgan fingerprint density at radius 2 is 2.10 bits per heavy atom. The molecule has 0 saturated heterocycles. The fraction of sp³-hybridized carbons (Fsp3) is 0.538. The Balaban J connectivity index is 0.00000400. The van der Waals surface area contributed by atoms with Crippen molar-refractivity contribution in [1.29, 1.82) is 0 Å². The standard InChI is InChI=1S/C13H21N3O3S.ClH/c1-10(16-13(18)11-4-3-9-20-11)12(17)15-6-5-14-7-8-19-2;/h3-4,9-10,14H,5-8H2,1-2H3,(H,15,17)(H,16,18);1H. The third kappa shape index (κ3) is 8.01. The first-order chi connectivity index (χ1) is 9.65. The Kier molecular flexibility index (Phi) is 10.9. The number of amides is 2. The van der Waals surface area contributed by atoms with Crippen LogP contribution in [0.15, 0.2) is 17.5 Å². The van der Waals surface area contributed by atoms with Crippen LogP contribution in [0, 0.1) is 0 Å². The molecule has 0 aliphatic heterocycles. The van der Waals surface area contributed by atoms with Gasteiger partial charge in [-0.25, -0.2) is 0 Å². The minimum absolute atomic E-state index is 0. The lowest BCUT2D eigenvalue weighted by atomic mass is 10.3. The molecule has 0 aliphatic carbocycles. The van der Waals surface area contributed by atoms with E-state index in [2.05, 4.69) is 16.0 Å². The van der Waals surface area contributed by atoms with E-state index in [9.17, 15) is 9.59 Å². The van der Waals surface area contributed by atoms with Crippen LogP contribution in [0.25, 0.3) is 0 Å². The third-order valence-corrected chi connectivity index (χ3v) is 3.44. The minimum atomic E-state index is -0.552. The maximum Gasteiger partial charge on any atom is 0.261 e. The number of nitrogens with one attached hydrogen (secondary N) is 3. The van der Waals surface area contributed by atoms with Crippen LogP contribution in [0.5, 0.6) is 0 Å². The maximum atomic E-state index is 11.8. The summed E-state index contributed by atoms with van der Waals surface area (Å²) in [4.78, 5) is 24.1. The Labute approximate surface area is 135 Å². The summed E-state index contributed by atoms with van der Waals surface area (Å²) in [6, 6.07) is 2.98. The summed E-state index contributed by atoms with van der Waals surface area (Å²) in [5, 5.41) is 10.4. The third-order valence-electron chi connectivity index (χ3n) is 2.57. The number of carbonyl (C=O) groups is 2. The van der Waals surface area contributed by atoms with E-state index < -0.39 is 6.04 Å². The van der Waals surface area contributed by atoms with Crippen molar-refractivity contribution < 1.29 is 14.3 Å². The Morgan fingerprint density at radius 3 is 2.71 bits per heavy atom. The zero-order valence-corrected chi connectivity index (χ0v) is 13.8. The SMILES string of the molecule is COCCNCCNC(=O)C(C)NC(=O)c1cccs1.Cl. The molecule has 21 heavy (non-hydrogen) atoms. The highest BCUT2D eigenvalue weighted by Crippen LogP contribution is 2.07. The van der Waals surface area contributed by atoms with Gasteiger partial charge in [-0.15, -0.1) is 23.7 Å². The Bertz CT molecular complexity index is 415. The highest BCUT2D eigenvalue weighted by Gasteiger charge is 2.16. The normalized spacial score (nSPS) is 11.3. The van der Waals surface area contributed by atoms with Gasteiger partial charge in [0.1, 0.15) is 6.04 Å². The van der Waals surface area contributed by atoms with Crippen molar-refractivity contribution in [2.45, 2.75) is 13.0 Å². The molecule has 1 aromatic heterocycles. The van der Waals surface area contributed by atoms with Crippen molar-refractivity contribution in [1.82, 2.24) is 16.0 Å². The van der Waals surface area contributed by atoms with Crippen LogP contribution in [0.1, 0.15) is 16.6 Å². The Hall–Kier alpha value is -1.15. The number of carbonyl (C=O) groups excluding carboxylic acids is 2. The van der Waals surface area contributed by atoms with E-state index in [1.54, 1.807) is 26.2 Å². The van der Waals surface area contributed by atoms with Gasteiger partial charge in [0.2, 0.25) is 5.91 Å². The van der Waals surface area contributed by atoms with Gasteiger partial charge in [-0.1, -0.05) is 6.07 Å². The molecule has 1 rings (SSSR count). The summed E-state index contributed by atoms with van der Waals surface area (Å²) in [5.74, 6) is -0.413. The molecular weight excluding hydrogens is 314 g/mol.